The summed E-state index contributed by atoms with van der Waals surface area (Å²) in [5.41, 5.74) is 8.29. The van der Waals surface area contributed by atoms with Gasteiger partial charge < -0.3 is 10.6 Å². The monoisotopic (exact) mass is 273 g/mol. The van der Waals surface area contributed by atoms with E-state index >= 15 is 0 Å². The quantitative estimate of drug-likeness (QED) is 0.878. The van der Waals surface area contributed by atoms with E-state index in [1.54, 1.807) is 12.3 Å². The van der Waals surface area contributed by atoms with Crippen LogP contribution in [0.4, 0.5) is 4.39 Å². The lowest BCUT2D eigenvalue weighted by Gasteiger charge is -2.17. The first-order chi connectivity index (χ1) is 9.69. The zero-order valence-electron chi connectivity index (χ0n) is 11.7. The van der Waals surface area contributed by atoms with Crippen molar-refractivity contribution in [3.8, 4) is 0 Å². The summed E-state index contributed by atoms with van der Waals surface area (Å²) in [5, 5.41) is 0. The molecule has 0 aliphatic heterocycles. The number of benzene rings is 1. The molecule has 0 saturated heterocycles. The Labute approximate surface area is 119 Å². The molecule has 1 heterocycles. The van der Waals surface area contributed by atoms with Crippen molar-refractivity contribution < 1.29 is 4.39 Å². The van der Waals surface area contributed by atoms with E-state index in [1.807, 2.05) is 31.3 Å². The van der Waals surface area contributed by atoms with Crippen LogP contribution in [0.5, 0.6) is 0 Å². The van der Waals surface area contributed by atoms with Gasteiger partial charge in [-0.15, -0.1) is 0 Å². The van der Waals surface area contributed by atoms with Gasteiger partial charge in [-0.25, -0.2) is 4.39 Å². The third-order valence-electron chi connectivity index (χ3n) is 3.26. The smallest absolute Gasteiger partial charge is 0.127 e. The largest absolute Gasteiger partial charge is 0.326 e. The predicted octanol–water partition coefficient (Wildman–Crippen LogP) is 2.35. The lowest BCUT2D eigenvalue weighted by atomic mass is 10.1. The average molecular weight is 273 g/mol. The highest BCUT2D eigenvalue weighted by Crippen LogP contribution is 2.12. The van der Waals surface area contributed by atoms with Gasteiger partial charge in [0.05, 0.1) is 0 Å². The van der Waals surface area contributed by atoms with Gasteiger partial charge in [-0.2, -0.15) is 0 Å². The first kappa shape index (κ1) is 14.6. The number of pyridine rings is 1. The lowest BCUT2D eigenvalue weighted by Crippen LogP contribution is -2.21. The standard InChI is InChI=1S/C16H20FN3/c1-20(9-7-15-4-2-3-8-19-15)12-14-10-13(11-18)5-6-16(14)17/h2-6,8,10H,7,9,11-12,18H2,1H3. The van der Waals surface area contributed by atoms with Gasteiger partial charge in [-0.3, -0.25) is 4.98 Å². The minimum atomic E-state index is -0.174. The fourth-order valence-electron chi connectivity index (χ4n) is 2.10. The third kappa shape index (κ3) is 4.11. The second-order valence-electron chi connectivity index (χ2n) is 4.94. The molecule has 0 fully saturated rings. The van der Waals surface area contributed by atoms with E-state index in [0.29, 0.717) is 18.7 Å². The van der Waals surface area contributed by atoms with Crippen LogP contribution >= 0.6 is 0 Å². The van der Waals surface area contributed by atoms with Crippen LogP contribution in [-0.4, -0.2) is 23.5 Å². The molecule has 0 atom stereocenters. The zero-order valence-corrected chi connectivity index (χ0v) is 11.7. The van der Waals surface area contributed by atoms with E-state index in [0.717, 1.165) is 24.2 Å². The van der Waals surface area contributed by atoms with Crippen LogP contribution in [0.25, 0.3) is 0 Å². The van der Waals surface area contributed by atoms with Crippen LogP contribution in [0.2, 0.25) is 0 Å². The number of aromatic nitrogens is 1. The van der Waals surface area contributed by atoms with Crippen molar-refractivity contribution in [1.29, 1.82) is 0 Å². The molecule has 0 unspecified atom stereocenters. The molecule has 106 valence electrons. The third-order valence-corrected chi connectivity index (χ3v) is 3.26. The number of rotatable bonds is 6. The Bertz CT molecular complexity index is 543. The van der Waals surface area contributed by atoms with Crippen LogP contribution in [-0.2, 0) is 19.5 Å². The van der Waals surface area contributed by atoms with Crippen LogP contribution in [0.1, 0.15) is 16.8 Å². The van der Waals surface area contributed by atoms with E-state index < -0.39 is 0 Å². The summed E-state index contributed by atoms with van der Waals surface area (Å²) in [6, 6.07) is 10.9. The second kappa shape index (κ2) is 7.12. The molecule has 1 aromatic heterocycles. The molecule has 1 aromatic carbocycles. The van der Waals surface area contributed by atoms with E-state index in [9.17, 15) is 4.39 Å². The van der Waals surface area contributed by atoms with Gasteiger partial charge in [-0.1, -0.05) is 18.2 Å². The molecule has 0 radical (unpaired) electrons. The van der Waals surface area contributed by atoms with Crippen molar-refractivity contribution in [1.82, 2.24) is 9.88 Å². The van der Waals surface area contributed by atoms with Crippen molar-refractivity contribution in [3.05, 3.63) is 65.2 Å². The Balaban J connectivity index is 1.92. The van der Waals surface area contributed by atoms with Crippen molar-refractivity contribution in [2.45, 2.75) is 19.5 Å². The first-order valence-electron chi connectivity index (χ1n) is 6.75. The molecule has 2 N–H and O–H groups in total. The topological polar surface area (TPSA) is 42.2 Å². The number of hydrogen-bond acceptors (Lipinski definition) is 3. The Morgan fingerprint density at radius 1 is 1.25 bits per heavy atom. The molecule has 0 amide bonds. The summed E-state index contributed by atoms with van der Waals surface area (Å²) in [7, 11) is 1.98. The number of likely N-dealkylation sites (N-methyl/N-ethyl adjacent to an activating group) is 1. The molecule has 0 aliphatic carbocycles. The summed E-state index contributed by atoms with van der Waals surface area (Å²) in [4.78, 5) is 6.38. The van der Waals surface area contributed by atoms with Gasteiger partial charge in [0.25, 0.3) is 0 Å². The van der Waals surface area contributed by atoms with Gasteiger partial charge >= 0.3 is 0 Å². The van der Waals surface area contributed by atoms with Crippen molar-refractivity contribution >= 4 is 0 Å². The molecule has 0 bridgehead atoms. The van der Waals surface area contributed by atoms with Crippen LogP contribution in [0.3, 0.4) is 0 Å². The highest BCUT2D eigenvalue weighted by Gasteiger charge is 2.07. The van der Waals surface area contributed by atoms with Crippen LogP contribution < -0.4 is 5.73 Å². The van der Waals surface area contributed by atoms with Gasteiger partial charge in [0, 0.05) is 43.5 Å². The van der Waals surface area contributed by atoms with Crippen molar-refractivity contribution in [3.63, 3.8) is 0 Å². The molecular weight excluding hydrogens is 253 g/mol. The molecule has 0 saturated carbocycles. The molecule has 2 rings (SSSR count). The molecule has 2 aromatic rings. The van der Waals surface area contributed by atoms with Crippen LogP contribution in [0.15, 0.2) is 42.6 Å². The summed E-state index contributed by atoms with van der Waals surface area (Å²) in [6.07, 6.45) is 2.65. The maximum atomic E-state index is 13.7. The second-order valence-corrected chi connectivity index (χ2v) is 4.94. The number of nitrogens with two attached hydrogens (primary N) is 1. The molecule has 4 heteroatoms. The zero-order chi connectivity index (χ0) is 14.4. The van der Waals surface area contributed by atoms with E-state index in [4.69, 9.17) is 5.73 Å². The Morgan fingerprint density at radius 3 is 2.80 bits per heavy atom. The fourth-order valence-corrected chi connectivity index (χ4v) is 2.10. The fraction of sp³-hybridized carbons (Fsp3) is 0.312. The average Bonchev–Trinajstić information content (AvgIpc) is 2.48. The summed E-state index contributed by atoms with van der Waals surface area (Å²) in [5.74, 6) is -0.174. The van der Waals surface area contributed by atoms with Gasteiger partial charge in [0.2, 0.25) is 0 Å². The maximum absolute atomic E-state index is 13.7. The number of hydrogen-bond donors (Lipinski definition) is 1. The van der Waals surface area contributed by atoms with E-state index in [1.165, 1.54) is 6.07 Å². The highest BCUT2D eigenvalue weighted by molar-refractivity contribution is 5.25. The minimum Gasteiger partial charge on any atom is -0.326 e. The van der Waals surface area contributed by atoms with Crippen LogP contribution in [0, 0.1) is 5.82 Å². The van der Waals surface area contributed by atoms with E-state index in [-0.39, 0.29) is 5.82 Å². The molecule has 0 spiro atoms. The predicted molar refractivity (Wildman–Crippen MR) is 78.6 cm³/mol. The molecule has 20 heavy (non-hydrogen) atoms. The molecular formula is C16H20FN3. The number of halogens is 1. The van der Waals surface area contributed by atoms with Gasteiger partial charge in [-0.05, 0) is 30.8 Å². The lowest BCUT2D eigenvalue weighted by molar-refractivity contribution is 0.324. The van der Waals surface area contributed by atoms with Gasteiger partial charge in [0.15, 0.2) is 0 Å². The normalized spacial score (nSPS) is 11.0. The summed E-state index contributed by atoms with van der Waals surface area (Å²) >= 11 is 0. The van der Waals surface area contributed by atoms with Crippen molar-refractivity contribution in [2.75, 3.05) is 13.6 Å². The Kier molecular flexibility index (Phi) is 5.21. The number of nitrogens with zero attached hydrogens (tertiary/aromatic N) is 2. The highest BCUT2D eigenvalue weighted by atomic mass is 19.1. The SMILES string of the molecule is CN(CCc1ccccn1)Cc1cc(CN)ccc1F. The van der Waals surface area contributed by atoms with E-state index in [2.05, 4.69) is 9.88 Å². The minimum absolute atomic E-state index is 0.174. The van der Waals surface area contributed by atoms with Gasteiger partial charge in [0.1, 0.15) is 5.82 Å². The van der Waals surface area contributed by atoms with Crippen molar-refractivity contribution in [2.24, 2.45) is 5.73 Å². The Morgan fingerprint density at radius 2 is 2.10 bits per heavy atom. The maximum Gasteiger partial charge on any atom is 0.127 e. The Hall–Kier alpha value is -1.78. The summed E-state index contributed by atoms with van der Waals surface area (Å²) in [6.45, 7) is 1.85. The molecule has 0 aliphatic rings. The summed E-state index contributed by atoms with van der Waals surface area (Å²) < 4.78 is 13.7. The first-order valence-corrected chi connectivity index (χ1v) is 6.75. The molecule has 3 nitrogen and oxygen atoms in total.